The van der Waals surface area contributed by atoms with Crippen molar-refractivity contribution in [3.05, 3.63) is 59.7 Å². The maximum absolute atomic E-state index is 12.5. The number of ether oxygens (including phenoxy) is 1. The van der Waals surface area contributed by atoms with Gasteiger partial charge in [-0.2, -0.15) is 0 Å². The number of sulfonamides is 2. The van der Waals surface area contributed by atoms with Crippen LogP contribution in [0.15, 0.2) is 58.3 Å². The second-order valence-electron chi connectivity index (χ2n) is 5.71. The number of esters is 1. The number of hydrogen-bond donors (Lipinski definition) is 2. The molecule has 0 fully saturated rings. The van der Waals surface area contributed by atoms with Crippen LogP contribution in [-0.4, -0.2) is 29.4 Å². The molecule has 0 spiro atoms. The van der Waals surface area contributed by atoms with E-state index in [1.165, 1.54) is 42.5 Å². The first-order chi connectivity index (χ1) is 12.5. The van der Waals surface area contributed by atoms with E-state index in [2.05, 4.69) is 4.72 Å². The molecule has 0 bridgehead atoms. The molecule has 1 unspecified atom stereocenters. The summed E-state index contributed by atoms with van der Waals surface area (Å²) in [6.45, 7) is 3.47. The Hall–Kier alpha value is -2.27. The molecule has 2 rings (SSSR count). The predicted molar refractivity (Wildman–Crippen MR) is 99.0 cm³/mol. The maximum Gasteiger partial charge on any atom is 0.338 e. The third-order valence-electron chi connectivity index (χ3n) is 3.69. The number of carbonyl (C=O) groups is 1. The van der Waals surface area contributed by atoms with E-state index in [0.717, 1.165) is 0 Å². The average Bonchev–Trinajstić information content (AvgIpc) is 2.61. The highest BCUT2D eigenvalue weighted by Gasteiger charge is 2.20. The quantitative estimate of drug-likeness (QED) is 0.663. The molecule has 0 amide bonds. The number of nitrogens with one attached hydrogen (secondary N) is 1. The number of rotatable bonds is 7. The van der Waals surface area contributed by atoms with Gasteiger partial charge in [0.25, 0.3) is 0 Å². The van der Waals surface area contributed by atoms with Gasteiger partial charge in [0, 0.05) is 6.04 Å². The third kappa shape index (κ3) is 5.36. The number of primary sulfonamides is 1. The fourth-order valence-corrected chi connectivity index (χ4v) is 4.11. The van der Waals surface area contributed by atoms with Crippen LogP contribution in [0.25, 0.3) is 0 Å². The minimum Gasteiger partial charge on any atom is -0.462 e. The van der Waals surface area contributed by atoms with Crippen molar-refractivity contribution >= 4 is 26.0 Å². The number of hydrogen-bond acceptors (Lipinski definition) is 6. The zero-order chi connectivity index (χ0) is 20.2. The van der Waals surface area contributed by atoms with E-state index in [-0.39, 0.29) is 22.0 Å². The molecule has 2 aromatic rings. The second-order valence-corrected chi connectivity index (χ2v) is 8.98. The van der Waals surface area contributed by atoms with Crippen LogP contribution in [0, 0.1) is 0 Å². The minimum absolute atomic E-state index is 0.0370. The average molecular weight is 412 g/mol. The summed E-state index contributed by atoms with van der Waals surface area (Å²) in [5.41, 5.74) is 0.679. The topological polar surface area (TPSA) is 133 Å². The zero-order valence-electron chi connectivity index (χ0n) is 14.7. The summed E-state index contributed by atoms with van der Waals surface area (Å²) in [6, 6.07) is 10.3. The van der Waals surface area contributed by atoms with Crippen molar-refractivity contribution < 1.29 is 26.4 Å². The summed E-state index contributed by atoms with van der Waals surface area (Å²) >= 11 is 0. The molecule has 146 valence electrons. The van der Waals surface area contributed by atoms with Crippen LogP contribution < -0.4 is 9.86 Å². The lowest BCUT2D eigenvalue weighted by Crippen LogP contribution is -2.27. The lowest BCUT2D eigenvalue weighted by molar-refractivity contribution is 0.0526. The Balaban J connectivity index is 2.22. The zero-order valence-corrected chi connectivity index (χ0v) is 16.4. The highest BCUT2D eigenvalue weighted by molar-refractivity contribution is 7.89. The van der Waals surface area contributed by atoms with Crippen molar-refractivity contribution in [3.8, 4) is 0 Å². The van der Waals surface area contributed by atoms with E-state index in [1.807, 2.05) is 0 Å². The van der Waals surface area contributed by atoms with Crippen LogP contribution in [0.4, 0.5) is 0 Å². The summed E-state index contributed by atoms with van der Waals surface area (Å²) in [7, 11) is -7.79. The lowest BCUT2D eigenvalue weighted by Gasteiger charge is -2.15. The van der Waals surface area contributed by atoms with Gasteiger partial charge in [0.15, 0.2) is 0 Å². The van der Waals surface area contributed by atoms with Crippen molar-refractivity contribution in [1.82, 2.24) is 4.72 Å². The van der Waals surface area contributed by atoms with Crippen molar-refractivity contribution in [2.75, 3.05) is 6.61 Å². The molecule has 0 saturated carbocycles. The van der Waals surface area contributed by atoms with Crippen LogP contribution >= 0.6 is 0 Å². The van der Waals surface area contributed by atoms with Crippen molar-refractivity contribution in [2.24, 2.45) is 5.14 Å². The molecule has 2 aromatic carbocycles. The molecule has 0 radical (unpaired) electrons. The van der Waals surface area contributed by atoms with Crippen molar-refractivity contribution in [1.29, 1.82) is 0 Å². The summed E-state index contributed by atoms with van der Waals surface area (Å²) < 4.78 is 55.3. The van der Waals surface area contributed by atoms with Gasteiger partial charge >= 0.3 is 5.97 Å². The largest absolute Gasteiger partial charge is 0.462 e. The molecule has 3 N–H and O–H groups in total. The Kier molecular flexibility index (Phi) is 6.37. The molecule has 8 nitrogen and oxygen atoms in total. The van der Waals surface area contributed by atoms with Crippen LogP contribution in [0.5, 0.6) is 0 Å². The molecule has 0 saturated heterocycles. The molecule has 0 aliphatic rings. The van der Waals surface area contributed by atoms with E-state index in [0.29, 0.717) is 5.56 Å². The van der Waals surface area contributed by atoms with E-state index in [9.17, 15) is 21.6 Å². The van der Waals surface area contributed by atoms with Gasteiger partial charge < -0.3 is 4.74 Å². The van der Waals surface area contributed by atoms with E-state index in [1.54, 1.807) is 19.9 Å². The second kappa shape index (κ2) is 8.17. The van der Waals surface area contributed by atoms with E-state index >= 15 is 0 Å². The van der Waals surface area contributed by atoms with Crippen molar-refractivity contribution in [2.45, 2.75) is 29.7 Å². The SMILES string of the molecule is CCOC(=O)c1ccc(S(=O)(=O)NC(C)c2cccc(S(N)(=O)=O)c2)cc1. The maximum atomic E-state index is 12.5. The first-order valence-corrected chi connectivity index (χ1v) is 11.0. The highest BCUT2D eigenvalue weighted by Crippen LogP contribution is 2.20. The predicted octanol–water partition coefficient (Wildman–Crippen LogP) is 1.55. The molecule has 10 heteroatoms. The van der Waals surface area contributed by atoms with Crippen LogP contribution in [0.2, 0.25) is 0 Å². The Bertz CT molecular complexity index is 1030. The molecule has 27 heavy (non-hydrogen) atoms. The van der Waals surface area contributed by atoms with Gasteiger partial charge in [0.1, 0.15) is 0 Å². The number of nitrogens with two attached hydrogens (primary N) is 1. The highest BCUT2D eigenvalue weighted by atomic mass is 32.2. The Morgan fingerprint density at radius 2 is 1.70 bits per heavy atom. The Morgan fingerprint density at radius 3 is 2.26 bits per heavy atom. The van der Waals surface area contributed by atoms with Gasteiger partial charge in [-0.25, -0.2) is 31.5 Å². The fourth-order valence-electron chi connectivity index (χ4n) is 2.31. The standard InChI is InChI=1S/C17H20N2O6S2/c1-3-25-17(20)13-7-9-15(10-8-13)27(23,24)19-12(2)14-5-4-6-16(11-14)26(18,21)22/h4-12,19H,3H2,1-2H3,(H2,18,21,22). The number of carbonyl (C=O) groups excluding carboxylic acids is 1. The lowest BCUT2D eigenvalue weighted by atomic mass is 10.1. The van der Waals surface area contributed by atoms with Crippen LogP contribution in [0.3, 0.4) is 0 Å². The van der Waals surface area contributed by atoms with Gasteiger partial charge in [-0.15, -0.1) is 0 Å². The van der Waals surface area contributed by atoms with Gasteiger partial charge in [0.2, 0.25) is 20.0 Å². The monoisotopic (exact) mass is 412 g/mol. The Morgan fingerprint density at radius 1 is 1.07 bits per heavy atom. The summed E-state index contributed by atoms with van der Waals surface area (Å²) in [5, 5.41) is 5.10. The summed E-state index contributed by atoms with van der Waals surface area (Å²) in [6.07, 6.45) is 0. The van der Waals surface area contributed by atoms with Crippen LogP contribution in [0.1, 0.15) is 35.8 Å². The first kappa shape index (κ1) is 21.0. The molecular formula is C17H20N2O6S2. The van der Waals surface area contributed by atoms with E-state index < -0.39 is 32.1 Å². The molecule has 0 aromatic heterocycles. The molecular weight excluding hydrogens is 392 g/mol. The molecule has 1 atom stereocenters. The minimum atomic E-state index is -3.89. The molecule has 0 aliphatic heterocycles. The van der Waals surface area contributed by atoms with Gasteiger partial charge in [-0.05, 0) is 55.8 Å². The van der Waals surface area contributed by atoms with Crippen LogP contribution in [-0.2, 0) is 24.8 Å². The van der Waals surface area contributed by atoms with Crippen molar-refractivity contribution in [3.63, 3.8) is 0 Å². The smallest absolute Gasteiger partial charge is 0.338 e. The molecule has 0 aliphatic carbocycles. The first-order valence-electron chi connectivity index (χ1n) is 7.97. The normalized spacial score (nSPS) is 13.1. The third-order valence-corrected chi connectivity index (χ3v) is 6.16. The van der Waals surface area contributed by atoms with E-state index in [4.69, 9.17) is 9.88 Å². The number of benzene rings is 2. The van der Waals surface area contributed by atoms with Gasteiger partial charge in [-0.1, -0.05) is 12.1 Å². The summed E-state index contributed by atoms with van der Waals surface area (Å²) in [4.78, 5) is 11.5. The summed E-state index contributed by atoms with van der Waals surface area (Å²) in [5.74, 6) is -0.539. The molecule has 0 heterocycles. The Labute approximate surface area is 158 Å². The van der Waals surface area contributed by atoms with Gasteiger partial charge in [0.05, 0.1) is 22.0 Å². The van der Waals surface area contributed by atoms with Gasteiger partial charge in [-0.3, -0.25) is 0 Å². The fraction of sp³-hybridized carbons (Fsp3) is 0.235.